The summed E-state index contributed by atoms with van der Waals surface area (Å²) in [6.45, 7) is 6.14. The summed E-state index contributed by atoms with van der Waals surface area (Å²) in [6.07, 6.45) is 9.06. The van der Waals surface area contributed by atoms with Crippen molar-refractivity contribution in [1.29, 1.82) is 0 Å². The summed E-state index contributed by atoms with van der Waals surface area (Å²) < 4.78 is 7.50. The summed E-state index contributed by atoms with van der Waals surface area (Å²) in [5.41, 5.74) is 0.160. The molecule has 4 rings (SSSR count). The Morgan fingerprint density at radius 2 is 2.23 bits per heavy atom. The van der Waals surface area contributed by atoms with Gasteiger partial charge in [-0.3, -0.25) is 0 Å². The molecular weight excluding hydrogens is 332 g/mol. The van der Waals surface area contributed by atoms with E-state index in [0.29, 0.717) is 18.3 Å². The molecule has 1 saturated carbocycles. The Hall–Kier alpha value is -2.38. The molecule has 0 bridgehead atoms. The second-order valence-electron chi connectivity index (χ2n) is 7.65. The van der Waals surface area contributed by atoms with E-state index in [0.717, 1.165) is 51.0 Å². The van der Waals surface area contributed by atoms with Crippen LogP contribution in [0.4, 0.5) is 4.79 Å². The van der Waals surface area contributed by atoms with Crippen LogP contribution in [0.5, 0.6) is 0 Å². The third-order valence-electron chi connectivity index (χ3n) is 5.59. The van der Waals surface area contributed by atoms with E-state index < -0.39 is 0 Å². The Balaban J connectivity index is 1.38. The molecule has 0 radical (unpaired) electrons. The van der Waals surface area contributed by atoms with Gasteiger partial charge in [-0.25, -0.2) is 9.78 Å². The van der Waals surface area contributed by atoms with Gasteiger partial charge < -0.3 is 19.3 Å². The smallest absolute Gasteiger partial charge is 0.318 e. The highest BCUT2D eigenvalue weighted by atomic mass is 16.5. The highest BCUT2D eigenvalue weighted by Gasteiger charge is 2.44. The second-order valence-corrected chi connectivity index (χ2v) is 7.65. The number of aromatic nitrogens is 4. The number of carbonyl (C=O) groups is 1. The van der Waals surface area contributed by atoms with Crippen molar-refractivity contribution < 1.29 is 9.32 Å². The monoisotopic (exact) mass is 358 g/mol. The van der Waals surface area contributed by atoms with E-state index in [1.807, 2.05) is 24.2 Å². The Morgan fingerprint density at radius 3 is 2.88 bits per heavy atom. The predicted molar refractivity (Wildman–Crippen MR) is 94.4 cm³/mol. The summed E-state index contributed by atoms with van der Waals surface area (Å²) in [7, 11) is 0. The van der Waals surface area contributed by atoms with Crippen LogP contribution in [0.3, 0.4) is 0 Å². The molecular formula is C18H26N6O2. The fraction of sp³-hybridized carbons (Fsp3) is 0.667. The van der Waals surface area contributed by atoms with Crippen LogP contribution in [0.25, 0.3) is 0 Å². The Bertz CT molecular complexity index is 778. The van der Waals surface area contributed by atoms with Crippen LogP contribution in [0, 0.1) is 19.3 Å². The van der Waals surface area contributed by atoms with Gasteiger partial charge in [0.15, 0.2) is 5.82 Å². The van der Waals surface area contributed by atoms with Crippen LogP contribution in [-0.4, -0.2) is 43.7 Å². The molecule has 1 aliphatic carbocycles. The minimum Gasteiger partial charge on any atom is -0.337 e. The Morgan fingerprint density at radius 1 is 1.38 bits per heavy atom. The van der Waals surface area contributed by atoms with Crippen molar-refractivity contribution >= 4 is 6.03 Å². The van der Waals surface area contributed by atoms with Crippen LogP contribution in [-0.2, 0) is 6.54 Å². The maximum Gasteiger partial charge on any atom is 0.318 e. The number of rotatable bonds is 5. The van der Waals surface area contributed by atoms with Crippen molar-refractivity contribution in [2.75, 3.05) is 13.1 Å². The number of hydrogen-bond donors (Lipinski definition) is 1. The third kappa shape index (κ3) is 3.45. The second kappa shape index (κ2) is 6.74. The first-order chi connectivity index (χ1) is 12.6. The first kappa shape index (κ1) is 17.1. The fourth-order valence-corrected chi connectivity index (χ4v) is 3.74. The van der Waals surface area contributed by atoms with Gasteiger partial charge in [-0.1, -0.05) is 5.16 Å². The first-order valence-corrected chi connectivity index (χ1v) is 9.39. The largest absolute Gasteiger partial charge is 0.337 e. The fourth-order valence-electron chi connectivity index (χ4n) is 3.74. The van der Waals surface area contributed by atoms with Crippen molar-refractivity contribution in [3.8, 4) is 0 Å². The van der Waals surface area contributed by atoms with E-state index in [-0.39, 0.29) is 17.5 Å². The number of nitrogens with one attached hydrogen (secondary N) is 1. The molecule has 0 unspecified atom stereocenters. The average Bonchev–Trinajstić information content (AvgIpc) is 3.08. The molecule has 0 spiro atoms. The standard InChI is InChI=1S/C18H26N6O2/c1-13-21-16(26-22-13)15-5-3-4-9-24(15)17(25)20-11-18(6-7-18)12-23-10-8-19-14(23)2/h8,10,15H,3-7,9,11-12H2,1-2H3,(H,20,25)/t15-/m0/s1. The Labute approximate surface area is 153 Å². The summed E-state index contributed by atoms with van der Waals surface area (Å²) in [5.74, 6) is 2.18. The summed E-state index contributed by atoms with van der Waals surface area (Å²) >= 11 is 0. The SMILES string of the molecule is Cc1noc([C@@H]2CCCCN2C(=O)NCC2(Cn3ccnc3C)CC2)n1. The first-order valence-electron chi connectivity index (χ1n) is 9.39. The van der Waals surface area contributed by atoms with Crippen molar-refractivity contribution in [3.05, 3.63) is 29.9 Å². The van der Waals surface area contributed by atoms with E-state index in [1.165, 1.54) is 0 Å². The average molecular weight is 358 g/mol. The van der Waals surface area contributed by atoms with Gasteiger partial charge in [-0.15, -0.1) is 0 Å². The summed E-state index contributed by atoms with van der Waals surface area (Å²) in [4.78, 5) is 23.3. The van der Waals surface area contributed by atoms with Gasteiger partial charge >= 0.3 is 6.03 Å². The number of likely N-dealkylation sites (tertiary alicyclic amines) is 1. The van der Waals surface area contributed by atoms with Crippen LogP contribution in [0.1, 0.15) is 55.7 Å². The van der Waals surface area contributed by atoms with Gasteiger partial charge in [0.1, 0.15) is 11.9 Å². The number of amides is 2. The molecule has 1 atom stereocenters. The molecule has 2 aliphatic rings. The molecule has 2 fully saturated rings. The minimum absolute atomic E-state index is 0.0285. The van der Waals surface area contributed by atoms with E-state index in [4.69, 9.17) is 4.52 Å². The summed E-state index contributed by atoms with van der Waals surface area (Å²) in [6, 6.07) is -0.143. The van der Waals surface area contributed by atoms with E-state index >= 15 is 0 Å². The number of carbonyl (C=O) groups excluding carboxylic acids is 1. The van der Waals surface area contributed by atoms with Crippen molar-refractivity contribution in [1.82, 2.24) is 29.9 Å². The van der Waals surface area contributed by atoms with Gasteiger partial charge in [0, 0.05) is 37.4 Å². The highest BCUT2D eigenvalue weighted by molar-refractivity contribution is 5.74. The van der Waals surface area contributed by atoms with Crippen molar-refractivity contribution in [3.63, 3.8) is 0 Å². The number of hydrogen-bond acceptors (Lipinski definition) is 5. The number of piperidine rings is 1. The van der Waals surface area contributed by atoms with Crippen LogP contribution < -0.4 is 5.32 Å². The zero-order chi connectivity index (χ0) is 18.1. The molecule has 2 aromatic rings. The minimum atomic E-state index is -0.115. The van der Waals surface area contributed by atoms with E-state index in [9.17, 15) is 4.79 Å². The van der Waals surface area contributed by atoms with E-state index in [2.05, 4.69) is 25.0 Å². The molecule has 0 aromatic carbocycles. The zero-order valence-electron chi connectivity index (χ0n) is 15.4. The molecule has 2 amide bonds. The number of urea groups is 1. The quantitative estimate of drug-likeness (QED) is 0.887. The lowest BCUT2D eigenvalue weighted by Crippen LogP contribution is -2.46. The molecule has 140 valence electrons. The molecule has 3 heterocycles. The topological polar surface area (TPSA) is 89.1 Å². The van der Waals surface area contributed by atoms with Crippen molar-refractivity contribution in [2.45, 2.75) is 58.5 Å². The maximum atomic E-state index is 12.8. The van der Waals surface area contributed by atoms with Gasteiger partial charge in [0.05, 0.1) is 0 Å². The third-order valence-corrected chi connectivity index (χ3v) is 5.59. The van der Waals surface area contributed by atoms with Gasteiger partial charge in [0.25, 0.3) is 0 Å². The van der Waals surface area contributed by atoms with Gasteiger partial charge in [0.2, 0.25) is 5.89 Å². The van der Waals surface area contributed by atoms with Crippen molar-refractivity contribution in [2.24, 2.45) is 5.41 Å². The molecule has 8 nitrogen and oxygen atoms in total. The lowest BCUT2D eigenvalue weighted by Gasteiger charge is -2.34. The number of nitrogens with zero attached hydrogens (tertiary/aromatic N) is 5. The van der Waals surface area contributed by atoms with Crippen LogP contribution in [0.15, 0.2) is 16.9 Å². The molecule has 2 aromatic heterocycles. The number of imidazole rings is 1. The lowest BCUT2D eigenvalue weighted by atomic mass is 10.0. The van der Waals surface area contributed by atoms with E-state index in [1.54, 1.807) is 6.92 Å². The van der Waals surface area contributed by atoms with Gasteiger partial charge in [-0.05, 0) is 46.0 Å². The molecule has 8 heteroatoms. The molecule has 1 saturated heterocycles. The highest BCUT2D eigenvalue weighted by Crippen LogP contribution is 2.46. The molecule has 1 N–H and O–H groups in total. The normalized spacial score (nSPS) is 21.6. The molecule has 26 heavy (non-hydrogen) atoms. The zero-order valence-corrected chi connectivity index (χ0v) is 15.4. The number of aryl methyl sites for hydroxylation is 2. The van der Waals surface area contributed by atoms with Crippen LogP contribution in [0.2, 0.25) is 0 Å². The molecule has 1 aliphatic heterocycles. The maximum absolute atomic E-state index is 12.8. The lowest BCUT2D eigenvalue weighted by molar-refractivity contribution is 0.130. The summed E-state index contributed by atoms with van der Waals surface area (Å²) in [5, 5.41) is 7.03. The Kier molecular flexibility index (Phi) is 4.42. The van der Waals surface area contributed by atoms with Gasteiger partial charge in [-0.2, -0.15) is 4.98 Å². The predicted octanol–water partition coefficient (Wildman–Crippen LogP) is 2.60. The van der Waals surface area contributed by atoms with Crippen LogP contribution >= 0.6 is 0 Å².